The van der Waals surface area contributed by atoms with Crippen LogP contribution in [0.5, 0.6) is 0 Å². The highest BCUT2D eigenvalue weighted by Gasteiger charge is 2.06. The summed E-state index contributed by atoms with van der Waals surface area (Å²) < 4.78 is 12.8. The Labute approximate surface area is 129 Å². The average Bonchev–Trinajstić information content (AvgIpc) is 2.50. The Balaban J connectivity index is 1.92. The number of likely N-dealkylation sites (N-methyl/N-ethyl adjacent to an activating group) is 1. The first-order chi connectivity index (χ1) is 10.5. The van der Waals surface area contributed by atoms with Gasteiger partial charge in [-0.2, -0.15) is 0 Å². The molecule has 1 aromatic carbocycles. The SMILES string of the molecule is CN(C)CCNC(=O)c1ccc(Nc2ccc(F)cc2)cn1. The van der Waals surface area contributed by atoms with Gasteiger partial charge in [-0.25, -0.2) is 9.37 Å². The minimum Gasteiger partial charge on any atom is -0.354 e. The molecule has 22 heavy (non-hydrogen) atoms. The molecule has 0 saturated carbocycles. The maximum atomic E-state index is 12.8. The summed E-state index contributed by atoms with van der Waals surface area (Å²) in [5.41, 5.74) is 1.85. The Hall–Kier alpha value is -2.47. The van der Waals surface area contributed by atoms with Crippen LogP contribution >= 0.6 is 0 Å². The Morgan fingerprint density at radius 1 is 1.14 bits per heavy atom. The fourth-order valence-electron chi connectivity index (χ4n) is 1.79. The Bertz CT molecular complexity index is 611. The maximum absolute atomic E-state index is 12.8. The Morgan fingerprint density at radius 2 is 1.82 bits per heavy atom. The average molecular weight is 302 g/mol. The highest BCUT2D eigenvalue weighted by atomic mass is 19.1. The smallest absolute Gasteiger partial charge is 0.269 e. The molecular formula is C16H19FN4O. The van der Waals surface area contributed by atoms with E-state index in [-0.39, 0.29) is 11.7 Å². The molecule has 0 spiro atoms. The van der Waals surface area contributed by atoms with Gasteiger partial charge in [0.1, 0.15) is 11.5 Å². The van der Waals surface area contributed by atoms with Crippen molar-refractivity contribution < 1.29 is 9.18 Å². The van der Waals surface area contributed by atoms with Crippen LogP contribution in [0.25, 0.3) is 0 Å². The number of aromatic nitrogens is 1. The van der Waals surface area contributed by atoms with Crippen LogP contribution in [0.3, 0.4) is 0 Å². The van der Waals surface area contributed by atoms with Gasteiger partial charge in [0.05, 0.1) is 11.9 Å². The Kier molecular flexibility index (Phi) is 5.43. The highest BCUT2D eigenvalue weighted by molar-refractivity contribution is 5.92. The first-order valence-electron chi connectivity index (χ1n) is 6.96. The number of pyridine rings is 1. The molecule has 0 bridgehead atoms. The number of rotatable bonds is 6. The van der Waals surface area contributed by atoms with E-state index >= 15 is 0 Å². The number of halogens is 1. The summed E-state index contributed by atoms with van der Waals surface area (Å²) in [7, 11) is 3.89. The van der Waals surface area contributed by atoms with E-state index in [1.165, 1.54) is 12.1 Å². The minimum atomic E-state index is -0.284. The van der Waals surface area contributed by atoms with Crippen molar-refractivity contribution in [2.45, 2.75) is 0 Å². The zero-order valence-electron chi connectivity index (χ0n) is 12.6. The lowest BCUT2D eigenvalue weighted by atomic mass is 10.2. The molecule has 1 aromatic heterocycles. The summed E-state index contributed by atoms with van der Waals surface area (Å²) in [6, 6.07) is 9.44. The van der Waals surface area contributed by atoms with Crippen LogP contribution in [0.4, 0.5) is 15.8 Å². The predicted octanol–water partition coefficient (Wildman–Crippen LogP) is 2.26. The fraction of sp³-hybridized carbons (Fsp3) is 0.250. The molecule has 0 fully saturated rings. The molecule has 2 N–H and O–H groups in total. The van der Waals surface area contributed by atoms with Gasteiger partial charge in [0.2, 0.25) is 0 Å². The number of hydrogen-bond acceptors (Lipinski definition) is 4. The number of benzene rings is 1. The van der Waals surface area contributed by atoms with E-state index in [2.05, 4.69) is 15.6 Å². The second kappa shape index (κ2) is 7.51. The van der Waals surface area contributed by atoms with Gasteiger partial charge >= 0.3 is 0 Å². The van der Waals surface area contributed by atoms with Crippen molar-refractivity contribution in [3.05, 3.63) is 54.1 Å². The zero-order chi connectivity index (χ0) is 15.9. The van der Waals surface area contributed by atoms with Gasteiger partial charge in [-0.1, -0.05) is 0 Å². The van der Waals surface area contributed by atoms with E-state index in [0.717, 1.165) is 17.9 Å². The van der Waals surface area contributed by atoms with Crippen LogP contribution < -0.4 is 10.6 Å². The second-order valence-electron chi connectivity index (χ2n) is 5.12. The zero-order valence-corrected chi connectivity index (χ0v) is 12.6. The van der Waals surface area contributed by atoms with Crippen molar-refractivity contribution in [3.8, 4) is 0 Å². The Morgan fingerprint density at radius 3 is 2.41 bits per heavy atom. The fourth-order valence-corrected chi connectivity index (χ4v) is 1.79. The maximum Gasteiger partial charge on any atom is 0.269 e. The minimum absolute atomic E-state index is 0.199. The van der Waals surface area contributed by atoms with Crippen molar-refractivity contribution in [1.82, 2.24) is 15.2 Å². The molecule has 6 heteroatoms. The first-order valence-corrected chi connectivity index (χ1v) is 6.96. The molecule has 2 aromatic rings. The number of carbonyl (C=O) groups excluding carboxylic acids is 1. The normalized spacial score (nSPS) is 10.5. The van der Waals surface area contributed by atoms with Gasteiger partial charge in [0.25, 0.3) is 5.91 Å². The lowest BCUT2D eigenvalue weighted by Crippen LogP contribution is -2.31. The van der Waals surface area contributed by atoms with Crippen LogP contribution in [0.2, 0.25) is 0 Å². The van der Waals surface area contributed by atoms with Gasteiger partial charge in [-0.15, -0.1) is 0 Å². The quantitative estimate of drug-likeness (QED) is 0.859. The van der Waals surface area contributed by atoms with Crippen LogP contribution in [-0.2, 0) is 0 Å². The van der Waals surface area contributed by atoms with Gasteiger partial charge < -0.3 is 15.5 Å². The van der Waals surface area contributed by atoms with Crippen LogP contribution in [0.1, 0.15) is 10.5 Å². The van der Waals surface area contributed by atoms with Crippen LogP contribution in [-0.4, -0.2) is 43.0 Å². The number of amides is 1. The third-order valence-electron chi connectivity index (χ3n) is 2.97. The molecule has 0 aliphatic heterocycles. The van der Waals surface area contributed by atoms with Gasteiger partial charge in [-0.3, -0.25) is 4.79 Å². The number of nitrogens with zero attached hydrogens (tertiary/aromatic N) is 2. The number of hydrogen-bond donors (Lipinski definition) is 2. The first kappa shape index (κ1) is 15.9. The van der Waals surface area contributed by atoms with Crippen molar-refractivity contribution in [2.75, 3.05) is 32.5 Å². The summed E-state index contributed by atoms with van der Waals surface area (Å²) in [6.07, 6.45) is 1.57. The molecule has 1 heterocycles. The number of anilines is 2. The van der Waals surface area contributed by atoms with E-state index in [4.69, 9.17) is 0 Å². The van der Waals surface area contributed by atoms with Crippen molar-refractivity contribution in [2.24, 2.45) is 0 Å². The molecule has 1 amide bonds. The van der Waals surface area contributed by atoms with E-state index in [0.29, 0.717) is 12.2 Å². The van der Waals surface area contributed by atoms with Crippen LogP contribution in [0.15, 0.2) is 42.6 Å². The summed E-state index contributed by atoms with van der Waals surface area (Å²) in [5.74, 6) is -0.483. The molecule has 0 aliphatic carbocycles. The second-order valence-corrected chi connectivity index (χ2v) is 5.12. The lowest BCUT2D eigenvalue weighted by molar-refractivity contribution is 0.0946. The largest absolute Gasteiger partial charge is 0.354 e. The standard InChI is InChI=1S/C16H19FN4O/c1-21(2)10-9-18-16(22)15-8-7-14(11-19-15)20-13-5-3-12(17)4-6-13/h3-8,11,20H,9-10H2,1-2H3,(H,18,22). The molecule has 0 radical (unpaired) electrons. The van der Waals surface area contributed by atoms with E-state index in [1.807, 2.05) is 19.0 Å². The molecular weight excluding hydrogens is 283 g/mol. The predicted molar refractivity (Wildman–Crippen MR) is 84.8 cm³/mol. The van der Waals surface area contributed by atoms with E-state index in [1.54, 1.807) is 30.5 Å². The molecule has 5 nitrogen and oxygen atoms in total. The van der Waals surface area contributed by atoms with Gasteiger partial charge in [0, 0.05) is 18.8 Å². The third-order valence-corrected chi connectivity index (χ3v) is 2.97. The van der Waals surface area contributed by atoms with E-state index < -0.39 is 0 Å². The van der Waals surface area contributed by atoms with Gasteiger partial charge in [-0.05, 0) is 50.5 Å². The van der Waals surface area contributed by atoms with Crippen LogP contribution in [0, 0.1) is 5.82 Å². The number of nitrogens with one attached hydrogen (secondary N) is 2. The summed E-state index contributed by atoms with van der Waals surface area (Å²) in [5, 5.41) is 5.89. The molecule has 116 valence electrons. The topological polar surface area (TPSA) is 57.3 Å². The summed E-state index contributed by atoms with van der Waals surface area (Å²) in [4.78, 5) is 18.0. The summed E-state index contributed by atoms with van der Waals surface area (Å²) >= 11 is 0. The highest BCUT2D eigenvalue weighted by Crippen LogP contribution is 2.16. The molecule has 0 aliphatic rings. The molecule has 2 rings (SSSR count). The monoisotopic (exact) mass is 302 g/mol. The van der Waals surface area contributed by atoms with Gasteiger partial charge in [0.15, 0.2) is 0 Å². The molecule has 0 atom stereocenters. The lowest BCUT2D eigenvalue weighted by Gasteiger charge is -2.10. The van der Waals surface area contributed by atoms with E-state index in [9.17, 15) is 9.18 Å². The molecule has 0 saturated heterocycles. The van der Waals surface area contributed by atoms with Crippen molar-refractivity contribution >= 4 is 17.3 Å². The van der Waals surface area contributed by atoms with Crippen molar-refractivity contribution in [3.63, 3.8) is 0 Å². The van der Waals surface area contributed by atoms with Crippen molar-refractivity contribution in [1.29, 1.82) is 0 Å². The molecule has 0 unspecified atom stereocenters. The third kappa shape index (κ3) is 4.82. The summed E-state index contributed by atoms with van der Waals surface area (Å²) in [6.45, 7) is 1.35. The number of carbonyl (C=O) groups is 1.